The Balaban J connectivity index is 1.92. The Morgan fingerprint density at radius 2 is 2.04 bits per heavy atom. The minimum absolute atomic E-state index is 0.255. The number of hydrogen-bond acceptors (Lipinski definition) is 4. The van der Waals surface area contributed by atoms with Crippen molar-refractivity contribution in [3.63, 3.8) is 0 Å². The van der Waals surface area contributed by atoms with E-state index in [2.05, 4.69) is 15.8 Å². The predicted octanol–water partition coefficient (Wildman–Crippen LogP) is 3.30. The minimum Gasteiger partial charge on any atom is -0.495 e. The fourth-order valence-electron chi connectivity index (χ4n) is 1.92. The molecule has 0 aliphatic rings. The molecule has 0 spiro atoms. The quantitative estimate of drug-likeness (QED) is 0.630. The summed E-state index contributed by atoms with van der Waals surface area (Å²) in [6.45, 7) is 1.75. The summed E-state index contributed by atoms with van der Waals surface area (Å²) in [5.74, 6) is 0.420. The molecule has 0 aliphatic carbocycles. The zero-order chi connectivity index (χ0) is 16.7. The van der Waals surface area contributed by atoms with Crippen molar-refractivity contribution in [3.8, 4) is 5.75 Å². The van der Waals surface area contributed by atoms with Gasteiger partial charge in [0.1, 0.15) is 11.8 Å². The van der Waals surface area contributed by atoms with Gasteiger partial charge in [0.2, 0.25) is 0 Å². The van der Waals surface area contributed by atoms with E-state index in [0.717, 1.165) is 11.3 Å². The van der Waals surface area contributed by atoms with Crippen molar-refractivity contribution in [3.05, 3.63) is 59.1 Å². The Kier molecular flexibility index (Phi) is 6.00. The number of rotatable bonds is 6. The molecule has 1 atom stereocenters. The van der Waals surface area contributed by atoms with Gasteiger partial charge in [0.15, 0.2) is 0 Å². The number of nitrogens with one attached hydrogen (secondary N) is 2. The lowest BCUT2D eigenvalue weighted by molar-refractivity contribution is -0.121. The van der Waals surface area contributed by atoms with Crippen LogP contribution in [0.5, 0.6) is 5.75 Å². The number of hydrazone groups is 1. The van der Waals surface area contributed by atoms with Crippen molar-refractivity contribution < 1.29 is 9.53 Å². The van der Waals surface area contributed by atoms with Crippen molar-refractivity contribution in [2.45, 2.75) is 13.0 Å². The molecule has 23 heavy (non-hydrogen) atoms. The SMILES string of the molecule is COc1ccccc1NC(C)C(=O)NN=Cc1cccc(Cl)c1. The molecule has 0 bridgehead atoms. The average molecular weight is 332 g/mol. The molecule has 120 valence electrons. The number of methoxy groups -OCH3 is 1. The second-order valence-corrected chi connectivity index (χ2v) is 5.29. The van der Waals surface area contributed by atoms with Crippen LogP contribution in [0.4, 0.5) is 5.69 Å². The maximum absolute atomic E-state index is 12.0. The second-order valence-electron chi connectivity index (χ2n) is 4.86. The van der Waals surface area contributed by atoms with Crippen LogP contribution in [-0.4, -0.2) is 25.3 Å². The molecule has 0 saturated heterocycles. The number of benzene rings is 2. The van der Waals surface area contributed by atoms with E-state index in [1.807, 2.05) is 36.4 Å². The first-order valence-corrected chi connectivity index (χ1v) is 7.46. The summed E-state index contributed by atoms with van der Waals surface area (Å²) < 4.78 is 5.24. The van der Waals surface area contributed by atoms with Crippen LogP contribution in [0.25, 0.3) is 0 Å². The fraction of sp³-hybridized carbons (Fsp3) is 0.176. The number of halogens is 1. The molecule has 2 aromatic carbocycles. The van der Waals surface area contributed by atoms with Crippen LogP contribution in [0.15, 0.2) is 53.6 Å². The van der Waals surface area contributed by atoms with Gasteiger partial charge in [-0.05, 0) is 36.8 Å². The Hall–Kier alpha value is -2.53. The largest absolute Gasteiger partial charge is 0.495 e. The highest BCUT2D eigenvalue weighted by molar-refractivity contribution is 6.30. The number of amides is 1. The molecule has 0 fully saturated rings. The minimum atomic E-state index is -0.470. The third-order valence-electron chi connectivity index (χ3n) is 3.11. The zero-order valence-corrected chi connectivity index (χ0v) is 13.7. The Bertz CT molecular complexity index is 704. The van der Waals surface area contributed by atoms with Crippen LogP contribution in [0, 0.1) is 0 Å². The number of nitrogens with zero attached hydrogens (tertiary/aromatic N) is 1. The van der Waals surface area contributed by atoms with E-state index < -0.39 is 6.04 Å². The van der Waals surface area contributed by atoms with Gasteiger partial charge in [-0.2, -0.15) is 5.10 Å². The normalized spacial score (nSPS) is 12.0. The Labute approximate surface area is 140 Å². The van der Waals surface area contributed by atoms with Crippen LogP contribution >= 0.6 is 11.6 Å². The summed E-state index contributed by atoms with van der Waals surface area (Å²) in [5.41, 5.74) is 4.05. The van der Waals surface area contributed by atoms with E-state index in [-0.39, 0.29) is 5.91 Å². The maximum atomic E-state index is 12.0. The van der Waals surface area contributed by atoms with Crippen LogP contribution in [0.1, 0.15) is 12.5 Å². The molecule has 0 saturated carbocycles. The van der Waals surface area contributed by atoms with Crippen LogP contribution in [-0.2, 0) is 4.79 Å². The Morgan fingerprint density at radius 1 is 1.26 bits per heavy atom. The molecule has 5 nitrogen and oxygen atoms in total. The molecule has 2 rings (SSSR count). The number of carbonyl (C=O) groups excluding carboxylic acids is 1. The lowest BCUT2D eigenvalue weighted by Crippen LogP contribution is -2.35. The van der Waals surface area contributed by atoms with Crippen LogP contribution in [0.2, 0.25) is 5.02 Å². The predicted molar refractivity (Wildman–Crippen MR) is 93.3 cm³/mol. The van der Waals surface area contributed by atoms with Gasteiger partial charge in [0.25, 0.3) is 5.91 Å². The molecule has 1 amide bonds. The lowest BCUT2D eigenvalue weighted by Gasteiger charge is -2.15. The topological polar surface area (TPSA) is 62.7 Å². The highest BCUT2D eigenvalue weighted by Gasteiger charge is 2.13. The highest BCUT2D eigenvalue weighted by Crippen LogP contribution is 2.23. The van der Waals surface area contributed by atoms with Crippen LogP contribution < -0.4 is 15.5 Å². The number of anilines is 1. The summed E-state index contributed by atoms with van der Waals surface area (Å²) >= 11 is 5.88. The molecule has 2 N–H and O–H groups in total. The van der Waals surface area contributed by atoms with E-state index in [0.29, 0.717) is 10.8 Å². The van der Waals surface area contributed by atoms with Gasteiger partial charge in [-0.15, -0.1) is 0 Å². The summed E-state index contributed by atoms with van der Waals surface area (Å²) in [6.07, 6.45) is 1.54. The van der Waals surface area contributed by atoms with E-state index in [4.69, 9.17) is 16.3 Å². The molecule has 0 heterocycles. The zero-order valence-electron chi connectivity index (χ0n) is 12.9. The van der Waals surface area contributed by atoms with E-state index in [1.54, 1.807) is 32.4 Å². The van der Waals surface area contributed by atoms with E-state index in [9.17, 15) is 4.79 Å². The van der Waals surface area contributed by atoms with Gasteiger partial charge in [0.05, 0.1) is 19.0 Å². The first kappa shape index (κ1) is 16.8. The molecule has 0 radical (unpaired) electrons. The van der Waals surface area contributed by atoms with Gasteiger partial charge < -0.3 is 10.1 Å². The van der Waals surface area contributed by atoms with Gasteiger partial charge in [-0.3, -0.25) is 4.79 Å². The van der Waals surface area contributed by atoms with Crippen molar-refractivity contribution >= 4 is 29.4 Å². The number of carbonyl (C=O) groups is 1. The standard InChI is InChI=1S/C17H18ClN3O2/c1-12(20-15-8-3-4-9-16(15)23-2)17(22)21-19-11-13-6-5-7-14(18)10-13/h3-12,20H,1-2H3,(H,21,22). The second kappa shape index (κ2) is 8.19. The molecule has 6 heteroatoms. The highest BCUT2D eigenvalue weighted by atomic mass is 35.5. The number of para-hydroxylation sites is 2. The van der Waals surface area contributed by atoms with Gasteiger partial charge in [-0.25, -0.2) is 5.43 Å². The van der Waals surface area contributed by atoms with Gasteiger partial charge in [-0.1, -0.05) is 35.9 Å². The summed E-state index contributed by atoms with van der Waals surface area (Å²) in [4.78, 5) is 12.0. The number of hydrogen-bond donors (Lipinski definition) is 2. The maximum Gasteiger partial charge on any atom is 0.262 e. The van der Waals surface area contributed by atoms with Gasteiger partial charge >= 0.3 is 0 Å². The first-order chi connectivity index (χ1) is 11.1. The summed E-state index contributed by atoms with van der Waals surface area (Å²) in [5, 5.41) is 7.64. The molecule has 1 unspecified atom stereocenters. The van der Waals surface area contributed by atoms with Crippen LogP contribution in [0.3, 0.4) is 0 Å². The van der Waals surface area contributed by atoms with Crippen molar-refractivity contribution in [2.75, 3.05) is 12.4 Å². The molecule has 2 aromatic rings. The smallest absolute Gasteiger partial charge is 0.262 e. The third-order valence-corrected chi connectivity index (χ3v) is 3.34. The summed E-state index contributed by atoms with van der Waals surface area (Å²) in [6, 6.07) is 14.1. The molecular formula is C17H18ClN3O2. The summed E-state index contributed by atoms with van der Waals surface area (Å²) in [7, 11) is 1.58. The monoisotopic (exact) mass is 331 g/mol. The van der Waals surface area contributed by atoms with Crippen molar-refractivity contribution in [1.29, 1.82) is 0 Å². The van der Waals surface area contributed by atoms with Crippen molar-refractivity contribution in [1.82, 2.24) is 5.43 Å². The van der Waals surface area contributed by atoms with Gasteiger partial charge in [0, 0.05) is 5.02 Å². The molecular weight excluding hydrogens is 314 g/mol. The third kappa shape index (κ3) is 5.00. The average Bonchev–Trinajstić information content (AvgIpc) is 2.55. The number of ether oxygens (including phenoxy) is 1. The fourth-order valence-corrected chi connectivity index (χ4v) is 2.12. The molecule has 0 aromatic heterocycles. The first-order valence-electron chi connectivity index (χ1n) is 7.08. The van der Waals surface area contributed by atoms with E-state index >= 15 is 0 Å². The van der Waals surface area contributed by atoms with Crippen molar-refractivity contribution in [2.24, 2.45) is 5.10 Å². The lowest BCUT2D eigenvalue weighted by atomic mass is 10.2. The molecule has 0 aliphatic heterocycles. The van der Waals surface area contributed by atoms with E-state index in [1.165, 1.54) is 0 Å². The Morgan fingerprint density at radius 3 is 2.78 bits per heavy atom.